The Kier molecular flexibility index (Phi) is 8.25. The highest BCUT2D eigenvalue weighted by molar-refractivity contribution is 5.93. The van der Waals surface area contributed by atoms with E-state index in [-0.39, 0.29) is 19.1 Å². The van der Waals surface area contributed by atoms with Gasteiger partial charge in [-0.15, -0.1) is 0 Å². The number of para-hydroxylation sites is 2. The van der Waals surface area contributed by atoms with Gasteiger partial charge in [-0.05, 0) is 68.4 Å². The second-order valence-corrected chi connectivity index (χ2v) is 7.86. The largest absolute Gasteiger partial charge is 0.491 e. The molecule has 3 aromatic carbocycles. The Bertz CT molecular complexity index is 986. The molecule has 2 N–H and O–H groups in total. The summed E-state index contributed by atoms with van der Waals surface area (Å²) >= 11 is 0. The Labute approximate surface area is 189 Å². The Morgan fingerprint density at radius 3 is 2.16 bits per heavy atom. The van der Waals surface area contributed by atoms with E-state index < -0.39 is 6.10 Å². The lowest BCUT2D eigenvalue weighted by Crippen LogP contribution is -2.38. The van der Waals surface area contributed by atoms with Crippen LogP contribution in [0.25, 0.3) is 0 Å². The highest BCUT2D eigenvalue weighted by Crippen LogP contribution is 2.23. The average molecular weight is 435 g/mol. The Hall–Kier alpha value is -3.35. The molecule has 6 heteroatoms. The van der Waals surface area contributed by atoms with Crippen molar-refractivity contribution in [2.45, 2.75) is 20.0 Å². The van der Waals surface area contributed by atoms with Crippen LogP contribution < -0.4 is 14.8 Å². The third kappa shape index (κ3) is 7.11. The van der Waals surface area contributed by atoms with Gasteiger partial charge in [0.15, 0.2) is 0 Å². The first-order valence-corrected chi connectivity index (χ1v) is 10.6. The van der Waals surface area contributed by atoms with Crippen LogP contribution in [-0.2, 0) is 4.79 Å². The number of nitrogens with one attached hydrogen (secondary N) is 1. The van der Waals surface area contributed by atoms with Crippen molar-refractivity contribution in [2.75, 3.05) is 32.1 Å². The number of hydrogen-bond acceptors (Lipinski definition) is 5. The fraction of sp³-hybridized carbons (Fsp3) is 0.269. The van der Waals surface area contributed by atoms with Crippen LogP contribution in [0.4, 0.5) is 5.69 Å². The lowest BCUT2D eigenvalue weighted by Gasteiger charge is -2.21. The number of benzene rings is 3. The summed E-state index contributed by atoms with van der Waals surface area (Å²) in [6, 6.07) is 22.7. The SMILES string of the molecule is Cc1cccc(C)c1NC(=O)CN(C)C[C@H](O)COc1ccc(Oc2ccccc2)cc1. The molecule has 1 amide bonds. The number of aliphatic hydroxyl groups is 1. The maximum Gasteiger partial charge on any atom is 0.238 e. The van der Waals surface area contributed by atoms with Crippen molar-refractivity contribution in [3.05, 3.63) is 83.9 Å². The van der Waals surface area contributed by atoms with Gasteiger partial charge in [-0.25, -0.2) is 0 Å². The summed E-state index contributed by atoms with van der Waals surface area (Å²) in [5.74, 6) is 1.99. The molecular weight excluding hydrogens is 404 g/mol. The minimum Gasteiger partial charge on any atom is -0.491 e. The monoisotopic (exact) mass is 434 g/mol. The molecule has 3 aromatic rings. The number of nitrogens with zero attached hydrogens (tertiary/aromatic N) is 1. The van der Waals surface area contributed by atoms with Crippen LogP contribution in [0.5, 0.6) is 17.2 Å². The van der Waals surface area contributed by atoms with Gasteiger partial charge in [0.1, 0.15) is 30.0 Å². The van der Waals surface area contributed by atoms with Crippen LogP contribution in [0.1, 0.15) is 11.1 Å². The van der Waals surface area contributed by atoms with E-state index in [1.165, 1.54) is 0 Å². The lowest BCUT2D eigenvalue weighted by molar-refractivity contribution is -0.117. The molecule has 0 saturated carbocycles. The number of aryl methyl sites for hydroxylation is 2. The predicted octanol–water partition coefficient (Wildman–Crippen LogP) is 4.41. The molecule has 168 valence electrons. The first-order chi connectivity index (χ1) is 15.4. The summed E-state index contributed by atoms with van der Waals surface area (Å²) in [5, 5.41) is 13.3. The Morgan fingerprint density at radius 1 is 0.906 bits per heavy atom. The summed E-state index contributed by atoms with van der Waals surface area (Å²) in [6.07, 6.45) is -0.728. The Balaban J connectivity index is 1.41. The molecule has 0 unspecified atom stereocenters. The van der Waals surface area contributed by atoms with Gasteiger partial charge in [0.05, 0.1) is 6.54 Å². The van der Waals surface area contributed by atoms with E-state index in [2.05, 4.69) is 5.32 Å². The van der Waals surface area contributed by atoms with Crippen molar-refractivity contribution in [3.63, 3.8) is 0 Å². The van der Waals surface area contributed by atoms with Gasteiger partial charge in [0, 0.05) is 12.2 Å². The Morgan fingerprint density at radius 2 is 1.50 bits per heavy atom. The van der Waals surface area contributed by atoms with Crippen molar-refractivity contribution in [2.24, 2.45) is 0 Å². The molecule has 0 aromatic heterocycles. The third-order valence-electron chi connectivity index (χ3n) is 4.93. The zero-order chi connectivity index (χ0) is 22.9. The number of amides is 1. The molecule has 3 rings (SSSR count). The van der Waals surface area contributed by atoms with E-state index in [0.717, 1.165) is 22.6 Å². The summed E-state index contributed by atoms with van der Waals surface area (Å²) in [7, 11) is 1.79. The van der Waals surface area contributed by atoms with Crippen molar-refractivity contribution in [1.82, 2.24) is 4.90 Å². The van der Waals surface area contributed by atoms with Crippen LogP contribution in [0.3, 0.4) is 0 Å². The standard InChI is InChI=1S/C26H30N2O4/c1-19-8-7-9-20(2)26(19)27-25(30)17-28(3)16-21(29)18-31-22-12-14-24(15-13-22)32-23-10-5-4-6-11-23/h4-15,21,29H,16-18H2,1-3H3,(H,27,30)/t21-/m0/s1. The first kappa shape index (κ1) is 23.3. The van der Waals surface area contributed by atoms with Gasteiger partial charge in [-0.1, -0.05) is 36.4 Å². The van der Waals surface area contributed by atoms with Gasteiger partial charge in [0.25, 0.3) is 0 Å². The molecule has 0 fully saturated rings. The fourth-order valence-electron chi connectivity index (χ4n) is 3.33. The molecule has 0 saturated heterocycles. The molecule has 0 bridgehead atoms. The molecule has 0 aliphatic carbocycles. The van der Waals surface area contributed by atoms with Crippen molar-refractivity contribution in [1.29, 1.82) is 0 Å². The summed E-state index contributed by atoms with van der Waals surface area (Å²) < 4.78 is 11.4. The molecule has 6 nitrogen and oxygen atoms in total. The predicted molar refractivity (Wildman–Crippen MR) is 127 cm³/mol. The number of carbonyl (C=O) groups excluding carboxylic acids is 1. The van der Waals surface area contributed by atoms with Crippen molar-refractivity contribution >= 4 is 11.6 Å². The molecular formula is C26H30N2O4. The molecule has 0 radical (unpaired) electrons. The van der Waals surface area contributed by atoms with E-state index in [0.29, 0.717) is 18.0 Å². The smallest absolute Gasteiger partial charge is 0.238 e. The minimum absolute atomic E-state index is 0.118. The molecule has 0 aliphatic rings. The lowest BCUT2D eigenvalue weighted by atomic mass is 10.1. The molecule has 0 heterocycles. The third-order valence-corrected chi connectivity index (χ3v) is 4.93. The zero-order valence-corrected chi connectivity index (χ0v) is 18.7. The summed E-state index contributed by atoms with van der Waals surface area (Å²) in [4.78, 5) is 14.1. The van der Waals surface area contributed by atoms with E-state index in [1.807, 2.05) is 74.5 Å². The van der Waals surface area contributed by atoms with E-state index in [4.69, 9.17) is 9.47 Å². The summed E-state index contributed by atoms with van der Waals surface area (Å²) in [5.41, 5.74) is 2.89. The topological polar surface area (TPSA) is 71.0 Å². The second-order valence-electron chi connectivity index (χ2n) is 7.86. The number of rotatable bonds is 10. The fourth-order valence-corrected chi connectivity index (χ4v) is 3.33. The zero-order valence-electron chi connectivity index (χ0n) is 18.7. The van der Waals surface area contributed by atoms with Gasteiger partial charge in [-0.2, -0.15) is 0 Å². The van der Waals surface area contributed by atoms with Gasteiger partial charge in [-0.3, -0.25) is 9.69 Å². The van der Waals surface area contributed by atoms with Gasteiger partial charge >= 0.3 is 0 Å². The normalized spacial score (nSPS) is 11.8. The maximum absolute atomic E-state index is 12.4. The van der Waals surface area contributed by atoms with Crippen molar-refractivity contribution in [3.8, 4) is 17.2 Å². The number of likely N-dealkylation sites (N-methyl/N-ethyl adjacent to an activating group) is 1. The molecule has 0 spiro atoms. The molecule has 0 aliphatic heterocycles. The van der Waals surface area contributed by atoms with Gasteiger partial charge < -0.3 is 19.9 Å². The van der Waals surface area contributed by atoms with E-state index in [1.54, 1.807) is 24.1 Å². The van der Waals surface area contributed by atoms with E-state index >= 15 is 0 Å². The number of aliphatic hydroxyl groups excluding tert-OH is 1. The second kappa shape index (κ2) is 11.3. The van der Waals surface area contributed by atoms with Gasteiger partial charge in [0.2, 0.25) is 5.91 Å². The van der Waals surface area contributed by atoms with Crippen molar-refractivity contribution < 1.29 is 19.4 Å². The maximum atomic E-state index is 12.4. The van der Waals surface area contributed by atoms with Crippen LogP contribution in [0.2, 0.25) is 0 Å². The average Bonchev–Trinajstić information content (AvgIpc) is 2.76. The highest BCUT2D eigenvalue weighted by atomic mass is 16.5. The number of anilines is 1. The van der Waals surface area contributed by atoms with Crippen LogP contribution in [0, 0.1) is 13.8 Å². The van der Waals surface area contributed by atoms with Crippen LogP contribution in [-0.4, -0.2) is 48.8 Å². The highest BCUT2D eigenvalue weighted by Gasteiger charge is 2.14. The molecule has 32 heavy (non-hydrogen) atoms. The summed E-state index contributed by atoms with van der Waals surface area (Å²) in [6.45, 7) is 4.55. The van der Waals surface area contributed by atoms with Crippen LogP contribution >= 0.6 is 0 Å². The number of carbonyl (C=O) groups is 1. The quantitative estimate of drug-likeness (QED) is 0.495. The first-order valence-electron chi connectivity index (χ1n) is 10.6. The van der Waals surface area contributed by atoms with E-state index in [9.17, 15) is 9.90 Å². The number of ether oxygens (including phenoxy) is 2. The molecule has 1 atom stereocenters. The van der Waals surface area contributed by atoms with Crippen LogP contribution in [0.15, 0.2) is 72.8 Å². The minimum atomic E-state index is -0.728. The number of hydrogen-bond donors (Lipinski definition) is 2.